The van der Waals surface area contributed by atoms with Crippen molar-refractivity contribution < 1.29 is 0 Å². The van der Waals surface area contributed by atoms with Gasteiger partial charge in [-0.05, 0) is 37.6 Å². The zero-order valence-corrected chi connectivity index (χ0v) is 11.4. The van der Waals surface area contributed by atoms with Gasteiger partial charge in [0.05, 0.1) is 0 Å². The van der Waals surface area contributed by atoms with Crippen LogP contribution in [0.1, 0.15) is 52.9 Å². The van der Waals surface area contributed by atoms with Crippen molar-refractivity contribution in [1.82, 2.24) is 0 Å². The predicted octanol–water partition coefficient (Wildman–Crippen LogP) is 3.67. The van der Waals surface area contributed by atoms with Crippen molar-refractivity contribution in [3.8, 4) is 0 Å². The highest BCUT2D eigenvalue weighted by atomic mass is 32.2. The Bertz CT molecular complexity index is 170. The van der Waals surface area contributed by atoms with E-state index >= 15 is 0 Å². The molecule has 0 bridgehead atoms. The molecule has 90 valence electrons. The zero-order chi connectivity index (χ0) is 11.3. The van der Waals surface area contributed by atoms with Crippen molar-refractivity contribution in [3.63, 3.8) is 0 Å². The molecule has 0 spiro atoms. The Morgan fingerprint density at radius 3 is 2.60 bits per heavy atom. The smallest absolute Gasteiger partial charge is 0.00926 e. The lowest BCUT2D eigenvalue weighted by Gasteiger charge is -2.36. The van der Waals surface area contributed by atoms with Crippen LogP contribution in [0.3, 0.4) is 0 Å². The fraction of sp³-hybridized carbons (Fsp3) is 1.00. The van der Waals surface area contributed by atoms with Crippen LogP contribution in [0.25, 0.3) is 0 Å². The standard InChI is InChI=1S/C13H27NS/c1-4-10(3)15-13-8-11(5-2)6-7-12(13)9-14/h10-13H,4-9,14H2,1-3H3. The van der Waals surface area contributed by atoms with Crippen molar-refractivity contribution in [2.24, 2.45) is 17.6 Å². The number of thioether (sulfide) groups is 1. The Hall–Kier alpha value is 0.310. The number of hydrogen-bond donors (Lipinski definition) is 1. The molecule has 0 heterocycles. The van der Waals surface area contributed by atoms with Gasteiger partial charge >= 0.3 is 0 Å². The molecule has 1 rings (SSSR count). The fourth-order valence-corrected chi connectivity index (χ4v) is 4.12. The molecular weight excluding hydrogens is 202 g/mol. The van der Waals surface area contributed by atoms with Crippen molar-refractivity contribution >= 4 is 11.8 Å². The van der Waals surface area contributed by atoms with E-state index < -0.39 is 0 Å². The van der Waals surface area contributed by atoms with E-state index in [-0.39, 0.29) is 0 Å². The van der Waals surface area contributed by atoms with Crippen LogP contribution in [-0.2, 0) is 0 Å². The highest BCUT2D eigenvalue weighted by Crippen LogP contribution is 2.39. The second kappa shape index (κ2) is 6.80. The van der Waals surface area contributed by atoms with Crippen molar-refractivity contribution in [1.29, 1.82) is 0 Å². The number of nitrogens with two attached hydrogens (primary N) is 1. The zero-order valence-electron chi connectivity index (χ0n) is 10.5. The van der Waals surface area contributed by atoms with Gasteiger partial charge in [-0.15, -0.1) is 0 Å². The lowest BCUT2D eigenvalue weighted by Crippen LogP contribution is -2.33. The van der Waals surface area contributed by atoms with Crippen LogP contribution in [0.2, 0.25) is 0 Å². The van der Waals surface area contributed by atoms with Gasteiger partial charge in [0.1, 0.15) is 0 Å². The van der Waals surface area contributed by atoms with Crippen molar-refractivity contribution in [3.05, 3.63) is 0 Å². The molecule has 2 heteroatoms. The first-order valence-corrected chi connectivity index (χ1v) is 7.51. The molecule has 15 heavy (non-hydrogen) atoms. The average Bonchev–Trinajstić information content (AvgIpc) is 2.28. The maximum atomic E-state index is 5.88. The van der Waals surface area contributed by atoms with E-state index in [0.29, 0.717) is 0 Å². The quantitative estimate of drug-likeness (QED) is 0.778. The molecule has 4 unspecified atom stereocenters. The highest BCUT2D eigenvalue weighted by molar-refractivity contribution is 8.00. The monoisotopic (exact) mass is 229 g/mol. The summed E-state index contributed by atoms with van der Waals surface area (Å²) in [5.41, 5.74) is 5.88. The van der Waals surface area contributed by atoms with Gasteiger partial charge in [0.15, 0.2) is 0 Å². The topological polar surface area (TPSA) is 26.0 Å². The van der Waals surface area contributed by atoms with Crippen LogP contribution < -0.4 is 5.73 Å². The molecule has 1 aliphatic rings. The summed E-state index contributed by atoms with van der Waals surface area (Å²) in [4.78, 5) is 0. The van der Waals surface area contributed by atoms with Gasteiger partial charge in [0, 0.05) is 10.5 Å². The van der Waals surface area contributed by atoms with Crippen LogP contribution in [-0.4, -0.2) is 17.0 Å². The van der Waals surface area contributed by atoms with Crippen molar-refractivity contribution in [2.75, 3.05) is 6.54 Å². The van der Waals surface area contributed by atoms with E-state index in [1.165, 1.54) is 32.1 Å². The molecule has 1 aliphatic carbocycles. The van der Waals surface area contributed by atoms with E-state index in [1.54, 1.807) is 0 Å². The molecular formula is C13H27NS. The Kier molecular flexibility index (Phi) is 6.06. The largest absolute Gasteiger partial charge is 0.330 e. The van der Waals surface area contributed by atoms with Gasteiger partial charge in [0.25, 0.3) is 0 Å². The lowest BCUT2D eigenvalue weighted by atomic mass is 9.80. The van der Waals surface area contributed by atoms with Gasteiger partial charge in [-0.3, -0.25) is 0 Å². The van der Waals surface area contributed by atoms with Crippen LogP contribution in [0.4, 0.5) is 0 Å². The summed E-state index contributed by atoms with van der Waals surface area (Å²) >= 11 is 2.19. The molecule has 0 aliphatic heterocycles. The third kappa shape index (κ3) is 3.99. The lowest BCUT2D eigenvalue weighted by molar-refractivity contribution is 0.283. The third-order valence-corrected chi connectivity index (χ3v) is 5.62. The SMILES string of the molecule is CCC1CCC(CN)C(SC(C)CC)C1. The normalized spacial score (nSPS) is 34.0. The summed E-state index contributed by atoms with van der Waals surface area (Å²) < 4.78 is 0. The van der Waals surface area contributed by atoms with E-state index in [4.69, 9.17) is 5.73 Å². The van der Waals surface area contributed by atoms with Gasteiger partial charge < -0.3 is 5.73 Å². The summed E-state index contributed by atoms with van der Waals surface area (Å²) in [6, 6.07) is 0. The van der Waals surface area contributed by atoms with Crippen LogP contribution >= 0.6 is 11.8 Å². The van der Waals surface area contributed by atoms with E-state index in [0.717, 1.165) is 28.9 Å². The van der Waals surface area contributed by atoms with E-state index in [2.05, 4.69) is 32.5 Å². The summed E-state index contributed by atoms with van der Waals surface area (Å²) in [6.07, 6.45) is 6.83. The first kappa shape index (κ1) is 13.4. The molecule has 0 aromatic heterocycles. The second-order valence-electron chi connectivity index (χ2n) is 4.98. The molecule has 0 amide bonds. The maximum absolute atomic E-state index is 5.88. The summed E-state index contributed by atoms with van der Waals surface area (Å²) in [6.45, 7) is 7.87. The first-order valence-electron chi connectivity index (χ1n) is 6.56. The predicted molar refractivity (Wildman–Crippen MR) is 71.3 cm³/mol. The second-order valence-corrected chi connectivity index (χ2v) is 6.66. The Morgan fingerprint density at radius 2 is 2.07 bits per heavy atom. The van der Waals surface area contributed by atoms with Crippen LogP contribution in [0.5, 0.6) is 0 Å². The third-order valence-electron chi connectivity index (χ3n) is 3.90. The average molecular weight is 229 g/mol. The van der Waals surface area contributed by atoms with Gasteiger partial charge in [0.2, 0.25) is 0 Å². The molecule has 1 fully saturated rings. The minimum atomic E-state index is 0.784. The minimum Gasteiger partial charge on any atom is -0.330 e. The number of hydrogen-bond acceptors (Lipinski definition) is 2. The molecule has 0 radical (unpaired) electrons. The minimum absolute atomic E-state index is 0.784. The summed E-state index contributed by atoms with van der Waals surface area (Å²) in [5.74, 6) is 1.75. The molecule has 1 saturated carbocycles. The maximum Gasteiger partial charge on any atom is 0.00926 e. The van der Waals surface area contributed by atoms with Gasteiger partial charge in [-0.2, -0.15) is 11.8 Å². The molecule has 0 aromatic rings. The first-order chi connectivity index (χ1) is 7.21. The van der Waals surface area contributed by atoms with E-state index in [1.807, 2.05) is 0 Å². The fourth-order valence-electron chi connectivity index (χ4n) is 2.48. The number of rotatable bonds is 5. The Labute approximate surface area is 99.6 Å². The Balaban J connectivity index is 2.47. The molecule has 0 aromatic carbocycles. The van der Waals surface area contributed by atoms with Crippen LogP contribution in [0, 0.1) is 11.8 Å². The summed E-state index contributed by atoms with van der Waals surface area (Å²) in [7, 11) is 0. The highest BCUT2D eigenvalue weighted by Gasteiger charge is 2.29. The van der Waals surface area contributed by atoms with Crippen LogP contribution in [0.15, 0.2) is 0 Å². The van der Waals surface area contributed by atoms with E-state index in [9.17, 15) is 0 Å². The van der Waals surface area contributed by atoms with Gasteiger partial charge in [-0.25, -0.2) is 0 Å². The molecule has 1 nitrogen and oxygen atoms in total. The Morgan fingerprint density at radius 1 is 1.33 bits per heavy atom. The molecule has 4 atom stereocenters. The van der Waals surface area contributed by atoms with Gasteiger partial charge in [-0.1, -0.05) is 33.6 Å². The summed E-state index contributed by atoms with van der Waals surface area (Å²) in [5, 5.41) is 1.64. The molecule has 2 N–H and O–H groups in total. The molecule has 0 saturated heterocycles. The van der Waals surface area contributed by atoms with Crippen molar-refractivity contribution in [2.45, 2.75) is 63.4 Å².